The third kappa shape index (κ3) is 14.9. The summed E-state index contributed by atoms with van der Waals surface area (Å²) < 4.78 is 353. The van der Waals surface area contributed by atoms with E-state index in [1.807, 2.05) is 66.7 Å². The zero-order valence-electron chi connectivity index (χ0n) is 39.9. The fourth-order valence-electron chi connectivity index (χ4n) is 8.49. The van der Waals surface area contributed by atoms with Crippen molar-refractivity contribution in [3.8, 4) is 11.2 Å². The predicted octanol–water partition coefficient (Wildman–Crippen LogP) is 15.4. The second kappa shape index (κ2) is 21.8. The molecule has 7 aromatic rings. The average molecular weight is 1200 g/mol. The van der Waals surface area contributed by atoms with E-state index >= 15 is 0 Å². The van der Waals surface area contributed by atoms with Gasteiger partial charge in [0.15, 0.2) is 20.9 Å². The summed E-state index contributed by atoms with van der Waals surface area (Å²) in [5.74, 6) is 2.69. The van der Waals surface area contributed by atoms with E-state index in [-0.39, 0.29) is 11.5 Å². The van der Waals surface area contributed by atoms with Gasteiger partial charge in [0.1, 0.15) is 12.4 Å². The van der Waals surface area contributed by atoms with E-state index in [2.05, 4.69) is 11.2 Å². The fraction of sp³-hybridized carbons (Fsp3) is 0.189. The van der Waals surface area contributed by atoms with E-state index in [9.17, 15) is 114 Å². The van der Waals surface area contributed by atoms with Gasteiger partial charge < -0.3 is 0 Å². The molecule has 0 saturated heterocycles. The van der Waals surface area contributed by atoms with Crippen LogP contribution in [0.4, 0.5) is 105 Å². The fourth-order valence-corrected chi connectivity index (χ4v) is 9.56. The van der Waals surface area contributed by atoms with Crippen LogP contribution in [-0.4, -0.2) is 23.9 Å². The number of halogens is 24. The number of Topliss-reactive ketones (excluding diaryl/α,β-unsaturated/α-hetero) is 1. The molecule has 0 fully saturated rings. The van der Waals surface area contributed by atoms with Crippen LogP contribution >= 0.6 is 0 Å². The highest BCUT2D eigenvalue weighted by molar-refractivity contribution is 8.07. The summed E-state index contributed by atoms with van der Waals surface area (Å²) in [6, 6.07) is 13.9. The van der Waals surface area contributed by atoms with Gasteiger partial charge >= 0.3 is 49.4 Å². The van der Waals surface area contributed by atoms with Crippen LogP contribution in [0.1, 0.15) is 60.4 Å². The van der Waals surface area contributed by atoms with Crippen molar-refractivity contribution in [1.82, 2.24) is 0 Å². The molecule has 1 unspecified atom stereocenters. The average Bonchev–Trinajstić information content (AvgIpc) is 2.68. The monoisotopic (exact) mass is 1200 g/mol. The summed E-state index contributed by atoms with van der Waals surface area (Å²) in [5, 5.41) is 4.85. The van der Waals surface area contributed by atoms with Gasteiger partial charge in [-0.3, -0.25) is 4.79 Å². The van der Waals surface area contributed by atoms with Crippen molar-refractivity contribution < 1.29 is 114 Å². The van der Waals surface area contributed by atoms with E-state index in [0.29, 0.717) is 5.56 Å². The van der Waals surface area contributed by atoms with Gasteiger partial charge in [-0.15, -0.1) is 0 Å². The van der Waals surface area contributed by atoms with Crippen molar-refractivity contribution in [1.29, 1.82) is 0 Å². The van der Waals surface area contributed by atoms with E-state index in [4.69, 9.17) is 0 Å². The largest absolute Gasteiger partial charge is 0.416 e. The van der Waals surface area contributed by atoms with Gasteiger partial charge in [0.25, 0.3) is 0 Å². The van der Waals surface area contributed by atoms with Gasteiger partial charge in [-0.1, -0.05) is 107 Å². The molecule has 430 valence electrons. The molecule has 0 aromatic heterocycles. The molecule has 0 N–H and O–H groups in total. The minimum Gasteiger partial charge on any atom is -0.289 e. The van der Waals surface area contributed by atoms with Gasteiger partial charge in [-0.25, -0.2) is 0 Å². The van der Waals surface area contributed by atoms with Crippen molar-refractivity contribution in [3.05, 3.63) is 201 Å². The molecule has 0 aliphatic rings. The number of hydrogen-bond donors (Lipinski definition) is 0. The Morgan fingerprint density at radius 1 is 0.370 bits per heavy atom. The highest BCUT2D eigenvalue weighted by Crippen LogP contribution is 2.41. The first-order valence-corrected chi connectivity index (χ1v) is 24.4. The molecule has 0 amide bonds. The smallest absolute Gasteiger partial charge is 0.289 e. The molecule has 81 heavy (non-hydrogen) atoms. The molecule has 0 radical (unpaired) electrons. The summed E-state index contributed by atoms with van der Waals surface area (Å²) in [7, 11) is -2.54. The normalized spacial score (nSPS) is 13.9. The summed E-state index contributed by atoms with van der Waals surface area (Å²) >= 11 is 0. The maximum atomic E-state index is 14.2. The van der Waals surface area contributed by atoms with Crippen LogP contribution < -0.4 is 21.9 Å². The van der Waals surface area contributed by atoms with E-state index in [1.54, 1.807) is 12.3 Å². The minimum absolute atomic E-state index is 0.0643. The maximum Gasteiger partial charge on any atom is 0.416 e. The molecule has 28 heteroatoms. The number of benzene rings is 7. The maximum absolute atomic E-state index is 14.2. The molecule has 7 rings (SSSR count). The van der Waals surface area contributed by atoms with Gasteiger partial charge in [-0.2, -0.15) is 127 Å². The van der Waals surface area contributed by atoms with E-state index in [0.717, 1.165) is 16.3 Å². The zero-order chi connectivity index (χ0) is 60.9. The first-order chi connectivity index (χ1) is 36.8. The van der Waals surface area contributed by atoms with E-state index < -0.39 is 205 Å². The number of carbonyl (C=O) groups is 1. The summed E-state index contributed by atoms with van der Waals surface area (Å²) in [6.07, 6.45) is -53.3. The van der Waals surface area contributed by atoms with Crippen LogP contribution in [-0.2, 0) is 63.6 Å². The summed E-state index contributed by atoms with van der Waals surface area (Å²) in [4.78, 5) is 12.5. The zero-order valence-corrected chi connectivity index (χ0v) is 40.8. The topological polar surface area (TPSA) is 34.1 Å². The molecular formula is C53H29BF24O2S. The van der Waals surface area contributed by atoms with Crippen LogP contribution in [0.2, 0.25) is 0 Å². The number of hydrogen-bond acceptors (Lipinski definition) is 2. The molecule has 0 spiro atoms. The Morgan fingerprint density at radius 3 is 0.926 bits per heavy atom. The Balaban J connectivity index is 0.000000363. The van der Waals surface area contributed by atoms with Crippen LogP contribution in [0.3, 0.4) is 0 Å². The minimum atomic E-state index is -6.13. The first-order valence-electron chi connectivity index (χ1n) is 22.2. The predicted molar refractivity (Wildman–Crippen MR) is 251 cm³/mol. The van der Waals surface area contributed by atoms with Crippen molar-refractivity contribution in [2.75, 3.05) is 12.0 Å². The van der Waals surface area contributed by atoms with Crippen molar-refractivity contribution >= 4 is 54.5 Å². The Kier molecular flexibility index (Phi) is 16.9. The number of alkyl halides is 24. The van der Waals surface area contributed by atoms with Crippen molar-refractivity contribution in [3.63, 3.8) is 0 Å². The van der Waals surface area contributed by atoms with Crippen LogP contribution in [0, 0.1) is 11.2 Å². The SMILES string of the molecule is C[S+](=O)(C#Cc1ccccc1)CC(=O)c1ccc2ccccc2c1.FC(F)(F)c1cc([B-](c2cc(C(F)(F)F)cc(C(F)(F)F)c2)(c2cc(C(F)(F)F)cc(C(F)(F)F)c2)c2cc(C(F)(F)F)cc(C(F)(F)F)c2)cc(C(F)(F)F)c1. The molecule has 0 aliphatic carbocycles. The Hall–Kier alpha value is -7.44. The van der Waals surface area contributed by atoms with Crippen molar-refractivity contribution in [2.24, 2.45) is 0 Å². The Morgan fingerprint density at radius 2 is 0.642 bits per heavy atom. The third-order valence-corrected chi connectivity index (χ3v) is 13.4. The standard InChI is InChI=1S/C32H12BF24.C21H17O2S/c34-25(35,36)13-1-14(26(37,38)39)6-21(5-13)33(22-7-15(27(40,41)42)2-16(8-22)28(43,44)45,23-9-17(29(46,47)48)3-18(10-23)30(49,50)51)24-11-19(31(52,53)54)4-20(12-24)32(55,56)57;1-24(23,14-13-17-7-3-2-4-8-17)16-21(22)20-12-11-18-9-5-6-10-19(18)15-20/h1-12H;2-12,15H,16H2,1H3/q-1;+1. The number of fused-ring (bicyclic) bond motifs is 1. The molecule has 7 aromatic carbocycles. The second-order valence-electron chi connectivity index (χ2n) is 18.0. The third-order valence-electron chi connectivity index (χ3n) is 12.1. The molecule has 1 atom stereocenters. The summed E-state index contributed by atoms with van der Waals surface area (Å²) in [5.41, 5.74) is -28.8. The number of rotatable bonds is 7. The molecule has 0 aliphatic heterocycles. The molecule has 0 saturated carbocycles. The second-order valence-corrected chi connectivity index (χ2v) is 20.5. The van der Waals surface area contributed by atoms with Crippen LogP contribution in [0.15, 0.2) is 146 Å². The van der Waals surface area contributed by atoms with Gasteiger partial charge in [0, 0.05) is 11.1 Å². The van der Waals surface area contributed by atoms with Crippen LogP contribution in [0.5, 0.6) is 0 Å². The lowest BCUT2D eigenvalue weighted by molar-refractivity contribution is -0.144. The number of ketones is 1. The van der Waals surface area contributed by atoms with E-state index in [1.165, 1.54) is 0 Å². The highest BCUT2D eigenvalue weighted by atomic mass is 32.2. The molecular weight excluding hydrogens is 1170 g/mol. The highest BCUT2D eigenvalue weighted by Gasteiger charge is 2.47. The van der Waals surface area contributed by atoms with Gasteiger partial charge in [0.2, 0.25) is 5.78 Å². The quantitative estimate of drug-likeness (QED) is 0.0524. The molecule has 0 bridgehead atoms. The molecule has 2 nitrogen and oxygen atoms in total. The first kappa shape index (κ1) is 62.8. The lowest BCUT2D eigenvalue weighted by Gasteiger charge is -2.46. The van der Waals surface area contributed by atoms with Gasteiger partial charge in [-0.05, 0) is 59.2 Å². The lowest BCUT2D eigenvalue weighted by Crippen LogP contribution is -2.75. The van der Waals surface area contributed by atoms with Crippen LogP contribution in [0.25, 0.3) is 10.8 Å². The lowest BCUT2D eigenvalue weighted by atomic mass is 9.12. The Bertz CT molecular complexity index is 3150. The summed E-state index contributed by atoms with van der Waals surface area (Å²) in [6.45, 7) is 0. The number of carbonyl (C=O) groups excluding carboxylic acids is 1. The Labute approximate surface area is 441 Å². The molecule has 0 heterocycles. The van der Waals surface area contributed by atoms with Gasteiger partial charge in [0.05, 0.1) is 44.5 Å². The van der Waals surface area contributed by atoms with Crippen molar-refractivity contribution in [2.45, 2.75) is 49.4 Å².